The van der Waals surface area contributed by atoms with E-state index in [-0.39, 0.29) is 35.5 Å². The molecule has 3 aromatic carbocycles. The predicted molar refractivity (Wildman–Crippen MR) is 170 cm³/mol. The maximum atomic E-state index is 14.1. The van der Waals surface area contributed by atoms with Crippen molar-refractivity contribution < 1.29 is 27.8 Å². The molecule has 3 aromatic rings. The smallest absolute Gasteiger partial charge is 0.252 e. The third kappa shape index (κ3) is 8.44. The van der Waals surface area contributed by atoms with E-state index in [0.29, 0.717) is 36.4 Å². The molecule has 0 saturated heterocycles. The van der Waals surface area contributed by atoms with Crippen molar-refractivity contribution in [2.24, 2.45) is 4.99 Å². The number of benzene rings is 3. The molecular formula is C32H38BrN3O6S. The highest BCUT2D eigenvalue weighted by molar-refractivity contribution is 9.10. The van der Waals surface area contributed by atoms with Gasteiger partial charge in [-0.3, -0.25) is 4.79 Å². The standard InChI is InChI=1S/C32H38BrN3O6S/c1-36(2)20-6-19-34-31(38)32(18-23-43(39,40)28-8-4-3-5-9-28)29(24-10-14-26(33)15-11-24)42-30(35-32)25-12-16-27(17-13-25)41-22-7-21-37/h3-5,8-17,29,37H,6-7,18-23H2,1-2H3,(H,34,38)/t29-,32-/m1/s1. The summed E-state index contributed by atoms with van der Waals surface area (Å²) < 4.78 is 39.8. The minimum Gasteiger partial charge on any atom is -0.494 e. The lowest BCUT2D eigenvalue weighted by atomic mass is 9.85. The molecule has 230 valence electrons. The molecule has 2 atom stereocenters. The number of nitrogens with one attached hydrogen (secondary N) is 1. The largest absolute Gasteiger partial charge is 0.494 e. The summed E-state index contributed by atoms with van der Waals surface area (Å²) in [5.74, 6) is 0.184. The Balaban J connectivity index is 1.72. The lowest BCUT2D eigenvalue weighted by Gasteiger charge is -2.30. The molecule has 0 fully saturated rings. The number of halogens is 1. The van der Waals surface area contributed by atoms with E-state index < -0.39 is 21.5 Å². The van der Waals surface area contributed by atoms with E-state index in [0.717, 1.165) is 17.4 Å². The number of hydrogen-bond donors (Lipinski definition) is 2. The van der Waals surface area contributed by atoms with Gasteiger partial charge in [0.15, 0.2) is 21.5 Å². The minimum atomic E-state index is -3.72. The summed E-state index contributed by atoms with van der Waals surface area (Å²) in [5.41, 5.74) is -0.212. The number of sulfone groups is 1. The number of hydrogen-bond acceptors (Lipinski definition) is 8. The SMILES string of the molecule is CN(C)CCCNC(=O)[C@]1(CCS(=O)(=O)c2ccccc2)N=C(c2ccc(OCCCO)cc2)O[C@@H]1c1ccc(Br)cc1. The summed E-state index contributed by atoms with van der Waals surface area (Å²) in [6.45, 7) is 1.61. The molecule has 0 aromatic heterocycles. The summed E-state index contributed by atoms with van der Waals surface area (Å²) in [4.78, 5) is 21.3. The van der Waals surface area contributed by atoms with E-state index >= 15 is 0 Å². The van der Waals surface area contributed by atoms with Crippen LogP contribution in [-0.4, -0.2) is 81.9 Å². The fraction of sp³-hybridized carbons (Fsp3) is 0.375. The van der Waals surface area contributed by atoms with E-state index in [2.05, 4.69) is 21.2 Å². The molecule has 4 rings (SSSR count). The molecule has 2 N–H and O–H groups in total. The van der Waals surface area contributed by atoms with E-state index in [4.69, 9.17) is 19.6 Å². The minimum absolute atomic E-state index is 0.0411. The van der Waals surface area contributed by atoms with Gasteiger partial charge in [0, 0.05) is 36.0 Å². The highest BCUT2D eigenvalue weighted by atomic mass is 79.9. The van der Waals surface area contributed by atoms with Gasteiger partial charge in [0.1, 0.15) is 5.75 Å². The van der Waals surface area contributed by atoms with Crippen molar-refractivity contribution in [2.75, 3.05) is 46.2 Å². The molecule has 0 spiro atoms. The molecule has 1 heterocycles. The van der Waals surface area contributed by atoms with Crippen molar-refractivity contribution in [1.82, 2.24) is 10.2 Å². The topological polar surface area (TPSA) is 118 Å². The lowest BCUT2D eigenvalue weighted by molar-refractivity contribution is -0.129. The molecule has 1 aliphatic heterocycles. The van der Waals surface area contributed by atoms with Gasteiger partial charge in [0.25, 0.3) is 5.91 Å². The molecule has 0 aliphatic carbocycles. The summed E-state index contributed by atoms with van der Waals surface area (Å²) in [6.07, 6.45) is 0.284. The average molecular weight is 673 g/mol. The second kappa shape index (κ2) is 15.0. The van der Waals surface area contributed by atoms with Gasteiger partial charge in [-0.1, -0.05) is 46.3 Å². The number of aliphatic hydroxyl groups is 1. The van der Waals surface area contributed by atoms with Crippen LogP contribution in [0.2, 0.25) is 0 Å². The third-order valence-electron chi connectivity index (χ3n) is 7.12. The van der Waals surface area contributed by atoms with Crippen LogP contribution in [0.4, 0.5) is 0 Å². The Bertz CT molecular complexity index is 1480. The Morgan fingerprint density at radius 1 is 1.05 bits per heavy atom. The summed E-state index contributed by atoms with van der Waals surface area (Å²) >= 11 is 3.47. The first kappa shape index (κ1) is 32.7. The highest BCUT2D eigenvalue weighted by Crippen LogP contribution is 2.43. The summed E-state index contributed by atoms with van der Waals surface area (Å²) in [6, 6.07) is 22.8. The zero-order chi connectivity index (χ0) is 30.9. The first-order valence-corrected chi connectivity index (χ1v) is 16.7. The van der Waals surface area contributed by atoms with Gasteiger partial charge in [0.05, 0.1) is 17.3 Å². The van der Waals surface area contributed by atoms with Crippen LogP contribution in [0.5, 0.6) is 5.75 Å². The zero-order valence-corrected chi connectivity index (χ0v) is 26.8. The third-order valence-corrected chi connectivity index (χ3v) is 9.39. The van der Waals surface area contributed by atoms with Crippen molar-refractivity contribution in [3.05, 3.63) is 94.5 Å². The molecule has 43 heavy (non-hydrogen) atoms. The van der Waals surface area contributed by atoms with Gasteiger partial charge in [-0.05, 0) is 81.2 Å². The summed E-state index contributed by atoms with van der Waals surface area (Å²) in [7, 11) is 0.208. The van der Waals surface area contributed by atoms with E-state index in [1.807, 2.05) is 43.3 Å². The molecule has 1 amide bonds. The van der Waals surface area contributed by atoms with E-state index in [9.17, 15) is 13.2 Å². The number of amides is 1. The number of ether oxygens (including phenoxy) is 2. The lowest BCUT2D eigenvalue weighted by Crippen LogP contribution is -2.49. The molecule has 0 radical (unpaired) electrons. The highest BCUT2D eigenvalue weighted by Gasteiger charge is 2.53. The Morgan fingerprint density at radius 2 is 1.74 bits per heavy atom. The summed E-state index contributed by atoms with van der Waals surface area (Å²) in [5, 5.41) is 12.0. The normalized spacial score (nSPS) is 18.3. The van der Waals surface area contributed by atoms with Crippen LogP contribution in [0.3, 0.4) is 0 Å². The van der Waals surface area contributed by atoms with Crippen LogP contribution in [-0.2, 0) is 19.4 Å². The van der Waals surface area contributed by atoms with Crippen molar-refractivity contribution >= 4 is 37.6 Å². The average Bonchev–Trinajstić information content (AvgIpc) is 3.40. The van der Waals surface area contributed by atoms with Crippen LogP contribution in [0, 0.1) is 0 Å². The first-order valence-electron chi connectivity index (χ1n) is 14.2. The number of rotatable bonds is 15. The Morgan fingerprint density at radius 3 is 2.40 bits per heavy atom. The van der Waals surface area contributed by atoms with Gasteiger partial charge in [-0.25, -0.2) is 13.4 Å². The first-order chi connectivity index (χ1) is 20.6. The molecule has 0 unspecified atom stereocenters. The van der Waals surface area contributed by atoms with Gasteiger partial charge in [-0.2, -0.15) is 0 Å². The Hall–Kier alpha value is -3.25. The van der Waals surface area contributed by atoms with Gasteiger partial charge < -0.3 is 24.8 Å². The molecule has 0 bridgehead atoms. The molecular weight excluding hydrogens is 634 g/mol. The van der Waals surface area contributed by atoms with Crippen molar-refractivity contribution in [1.29, 1.82) is 0 Å². The van der Waals surface area contributed by atoms with Crippen molar-refractivity contribution in [3.63, 3.8) is 0 Å². The monoisotopic (exact) mass is 671 g/mol. The van der Waals surface area contributed by atoms with E-state index in [1.54, 1.807) is 54.6 Å². The fourth-order valence-electron chi connectivity index (χ4n) is 4.79. The van der Waals surface area contributed by atoms with Crippen LogP contribution < -0.4 is 10.1 Å². The molecule has 1 aliphatic rings. The predicted octanol–water partition coefficient (Wildman–Crippen LogP) is 4.40. The molecule has 11 heteroatoms. The van der Waals surface area contributed by atoms with Crippen LogP contribution in [0.15, 0.2) is 93.2 Å². The van der Waals surface area contributed by atoms with Gasteiger partial charge in [0.2, 0.25) is 5.90 Å². The number of nitrogens with zero attached hydrogens (tertiary/aromatic N) is 2. The van der Waals surface area contributed by atoms with Crippen LogP contribution in [0.1, 0.15) is 36.5 Å². The maximum absolute atomic E-state index is 14.1. The number of carbonyl (C=O) groups excluding carboxylic acids is 1. The molecule has 0 saturated carbocycles. The Kier molecular flexibility index (Phi) is 11.4. The van der Waals surface area contributed by atoms with Gasteiger partial charge in [-0.15, -0.1) is 0 Å². The number of aliphatic hydroxyl groups excluding tert-OH is 1. The van der Waals surface area contributed by atoms with Crippen LogP contribution in [0.25, 0.3) is 0 Å². The maximum Gasteiger partial charge on any atom is 0.252 e. The Labute approximate surface area is 262 Å². The van der Waals surface area contributed by atoms with E-state index in [1.165, 1.54) is 0 Å². The van der Waals surface area contributed by atoms with Crippen molar-refractivity contribution in [3.8, 4) is 5.75 Å². The quantitative estimate of drug-likeness (QED) is 0.230. The second-order valence-electron chi connectivity index (χ2n) is 10.6. The number of aliphatic imine (C=N–C) groups is 1. The van der Waals surface area contributed by atoms with Crippen LogP contribution >= 0.6 is 15.9 Å². The van der Waals surface area contributed by atoms with Crippen molar-refractivity contribution in [2.45, 2.75) is 35.8 Å². The number of carbonyl (C=O) groups is 1. The zero-order valence-electron chi connectivity index (χ0n) is 24.4. The molecule has 9 nitrogen and oxygen atoms in total. The fourth-order valence-corrected chi connectivity index (χ4v) is 6.45. The van der Waals surface area contributed by atoms with Gasteiger partial charge >= 0.3 is 0 Å². The second-order valence-corrected chi connectivity index (χ2v) is 13.7.